The largest absolute Gasteiger partial charge is 0.507 e. The number of Topliss-reactive ketones (excluding diaryl/α,β-unsaturated/α-hetero) is 1. The first-order valence-corrected chi connectivity index (χ1v) is 8.41. The van der Waals surface area contributed by atoms with Crippen molar-refractivity contribution in [3.63, 3.8) is 0 Å². The van der Waals surface area contributed by atoms with Gasteiger partial charge in [0.05, 0.1) is 25.3 Å². The summed E-state index contributed by atoms with van der Waals surface area (Å²) < 4.78 is 18.3. The highest BCUT2D eigenvalue weighted by Gasteiger charge is 2.46. The van der Waals surface area contributed by atoms with Crippen LogP contribution in [-0.2, 0) is 9.59 Å². The molecule has 7 nitrogen and oxygen atoms in total. The number of phenols is 1. The molecule has 1 atom stereocenters. The number of rotatable bonds is 5. The monoisotopic (exact) mass is 387 g/mol. The molecular formula is C20H18FNO6. The summed E-state index contributed by atoms with van der Waals surface area (Å²) in [5.74, 6) is -2.80. The number of ether oxygens (including phenoxy) is 1. The highest BCUT2D eigenvalue weighted by molar-refractivity contribution is 6.46. The van der Waals surface area contributed by atoms with Crippen molar-refractivity contribution in [3.8, 4) is 11.5 Å². The van der Waals surface area contributed by atoms with Gasteiger partial charge in [-0.15, -0.1) is 0 Å². The van der Waals surface area contributed by atoms with E-state index in [4.69, 9.17) is 4.74 Å². The van der Waals surface area contributed by atoms with Crippen LogP contribution in [0.1, 0.15) is 17.2 Å². The van der Waals surface area contributed by atoms with E-state index in [1.54, 1.807) is 0 Å². The van der Waals surface area contributed by atoms with Gasteiger partial charge < -0.3 is 25.0 Å². The minimum Gasteiger partial charge on any atom is -0.507 e. The smallest absolute Gasteiger partial charge is 0.295 e. The molecule has 0 bridgehead atoms. The third kappa shape index (κ3) is 3.29. The molecule has 0 aliphatic carbocycles. The van der Waals surface area contributed by atoms with Gasteiger partial charge in [0.25, 0.3) is 11.7 Å². The summed E-state index contributed by atoms with van der Waals surface area (Å²) in [5.41, 5.74) is 0.364. The number of carbonyl (C=O) groups is 2. The van der Waals surface area contributed by atoms with Crippen molar-refractivity contribution in [1.82, 2.24) is 4.90 Å². The van der Waals surface area contributed by atoms with Gasteiger partial charge in [-0.2, -0.15) is 0 Å². The fourth-order valence-corrected chi connectivity index (χ4v) is 3.19. The maximum Gasteiger partial charge on any atom is 0.295 e. The summed E-state index contributed by atoms with van der Waals surface area (Å²) in [6, 6.07) is 8.08. The van der Waals surface area contributed by atoms with E-state index in [9.17, 15) is 29.3 Å². The number of methoxy groups -OCH3 is 1. The Morgan fingerprint density at radius 1 is 1.18 bits per heavy atom. The number of benzene rings is 2. The molecule has 3 rings (SSSR count). The van der Waals surface area contributed by atoms with Crippen molar-refractivity contribution in [2.24, 2.45) is 0 Å². The molecular weight excluding hydrogens is 369 g/mol. The number of likely N-dealkylation sites (tertiary alicyclic amines) is 1. The lowest BCUT2D eigenvalue weighted by Crippen LogP contribution is -2.32. The van der Waals surface area contributed by atoms with Crippen LogP contribution in [0.4, 0.5) is 4.39 Å². The lowest BCUT2D eigenvalue weighted by Gasteiger charge is -2.25. The maximum atomic E-state index is 13.2. The fourth-order valence-electron chi connectivity index (χ4n) is 3.19. The first-order valence-electron chi connectivity index (χ1n) is 8.41. The standard InChI is InChI=1S/C20H18FNO6/c1-28-15-10-12(4-7-14(15)24)17-16(19(26)20(27)22(17)8-9-23)18(25)11-2-5-13(21)6-3-11/h2-7,10,17,23-25H,8-9H2,1H3. The quantitative estimate of drug-likeness (QED) is 0.411. The van der Waals surface area contributed by atoms with Gasteiger partial charge in [-0.3, -0.25) is 9.59 Å². The van der Waals surface area contributed by atoms with E-state index in [-0.39, 0.29) is 29.2 Å². The highest BCUT2D eigenvalue weighted by Crippen LogP contribution is 2.41. The summed E-state index contributed by atoms with van der Waals surface area (Å²) in [6.07, 6.45) is 0. The molecule has 3 N–H and O–H groups in total. The maximum absolute atomic E-state index is 13.2. The molecule has 0 spiro atoms. The second kappa shape index (κ2) is 7.69. The van der Waals surface area contributed by atoms with Gasteiger partial charge >= 0.3 is 0 Å². The molecule has 1 fully saturated rings. The van der Waals surface area contributed by atoms with Gasteiger partial charge in [0, 0.05) is 12.1 Å². The van der Waals surface area contributed by atoms with Crippen LogP contribution in [0.25, 0.3) is 5.76 Å². The van der Waals surface area contributed by atoms with Crippen LogP contribution in [0.5, 0.6) is 11.5 Å². The molecule has 0 saturated carbocycles. The lowest BCUT2D eigenvalue weighted by atomic mass is 9.95. The third-order valence-corrected chi connectivity index (χ3v) is 4.52. The normalized spacial score (nSPS) is 18.5. The zero-order valence-corrected chi connectivity index (χ0v) is 14.9. The molecule has 1 saturated heterocycles. The fraction of sp³-hybridized carbons (Fsp3) is 0.200. The zero-order chi connectivity index (χ0) is 20.4. The van der Waals surface area contributed by atoms with E-state index in [0.29, 0.717) is 5.56 Å². The molecule has 8 heteroatoms. The van der Waals surface area contributed by atoms with Crippen LogP contribution >= 0.6 is 0 Å². The Morgan fingerprint density at radius 2 is 1.86 bits per heavy atom. The summed E-state index contributed by atoms with van der Waals surface area (Å²) in [7, 11) is 1.35. The zero-order valence-electron chi connectivity index (χ0n) is 14.9. The van der Waals surface area contributed by atoms with Crippen molar-refractivity contribution < 1.29 is 34.0 Å². The van der Waals surface area contributed by atoms with Crippen molar-refractivity contribution in [1.29, 1.82) is 0 Å². The molecule has 1 amide bonds. The molecule has 0 aromatic heterocycles. The van der Waals surface area contributed by atoms with Crippen molar-refractivity contribution in [3.05, 3.63) is 65.0 Å². The topological polar surface area (TPSA) is 107 Å². The Hall–Kier alpha value is -3.39. The molecule has 1 heterocycles. The minimum atomic E-state index is -1.01. The van der Waals surface area contributed by atoms with Crippen molar-refractivity contribution in [2.75, 3.05) is 20.3 Å². The number of aromatic hydroxyl groups is 1. The third-order valence-electron chi connectivity index (χ3n) is 4.52. The lowest BCUT2D eigenvalue weighted by molar-refractivity contribution is -0.140. The first kappa shape index (κ1) is 19.4. The Balaban J connectivity index is 2.20. The van der Waals surface area contributed by atoms with E-state index in [0.717, 1.165) is 17.0 Å². The number of hydrogen-bond donors (Lipinski definition) is 3. The molecule has 1 aliphatic rings. The van der Waals surface area contributed by atoms with Crippen LogP contribution < -0.4 is 4.74 Å². The number of amides is 1. The Bertz CT molecular complexity index is 954. The SMILES string of the molecule is COc1cc(C2C(=C(O)c3ccc(F)cc3)C(=O)C(=O)N2CCO)ccc1O. The van der Waals surface area contributed by atoms with Crippen LogP contribution in [0.3, 0.4) is 0 Å². The number of halogens is 1. The predicted molar refractivity (Wildman–Crippen MR) is 97.2 cm³/mol. The number of hydrogen-bond acceptors (Lipinski definition) is 6. The van der Waals surface area contributed by atoms with Crippen LogP contribution in [0.15, 0.2) is 48.0 Å². The molecule has 2 aromatic carbocycles. The van der Waals surface area contributed by atoms with E-state index in [2.05, 4.69) is 0 Å². The van der Waals surface area contributed by atoms with E-state index >= 15 is 0 Å². The molecule has 28 heavy (non-hydrogen) atoms. The Morgan fingerprint density at radius 3 is 2.46 bits per heavy atom. The van der Waals surface area contributed by atoms with E-state index in [1.807, 2.05) is 0 Å². The number of phenolic OH excluding ortho intramolecular Hbond substituents is 1. The number of nitrogens with zero attached hydrogens (tertiary/aromatic N) is 1. The highest BCUT2D eigenvalue weighted by atomic mass is 19.1. The molecule has 2 aromatic rings. The number of ketones is 1. The van der Waals surface area contributed by atoms with Crippen molar-refractivity contribution >= 4 is 17.4 Å². The van der Waals surface area contributed by atoms with Gasteiger partial charge in [0.1, 0.15) is 11.6 Å². The summed E-state index contributed by atoms with van der Waals surface area (Å²) in [4.78, 5) is 26.2. The number of β-amino-alcohol motifs (C(OH)–C–C–N with tert-alkyl or cyclic N) is 1. The van der Waals surface area contributed by atoms with Gasteiger partial charge in [0.15, 0.2) is 11.5 Å². The second-order valence-corrected chi connectivity index (χ2v) is 6.15. The first-order chi connectivity index (χ1) is 13.4. The number of carbonyl (C=O) groups excluding carboxylic acids is 2. The average molecular weight is 387 g/mol. The number of aliphatic hydroxyl groups is 2. The van der Waals surface area contributed by atoms with Crippen LogP contribution in [-0.4, -0.2) is 52.2 Å². The molecule has 1 aliphatic heterocycles. The van der Waals surface area contributed by atoms with Crippen molar-refractivity contribution in [2.45, 2.75) is 6.04 Å². The number of aliphatic hydroxyl groups excluding tert-OH is 2. The predicted octanol–water partition coefficient (Wildman–Crippen LogP) is 1.95. The summed E-state index contributed by atoms with van der Waals surface area (Å²) in [5, 5.41) is 29.9. The Labute approximate surface area is 159 Å². The second-order valence-electron chi connectivity index (χ2n) is 6.15. The van der Waals surface area contributed by atoms with E-state index in [1.165, 1.54) is 37.4 Å². The van der Waals surface area contributed by atoms with Gasteiger partial charge in [0.2, 0.25) is 0 Å². The summed E-state index contributed by atoms with van der Waals surface area (Å²) >= 11 is 0. The summed E-state index contributed by atoms with van der Waals surface area (Å²) in [6.45, 7) is -0.534. The van der Waals surface area contributed by atoms with Crippen LogP contribution in [0.2, 0.25) is 0 Å². The molecule has 0 radical (unpaired) electrons. The van der Waals surface area contributed by atoms with Gasteiger partial charge in [-0.05, 0) is 42.0 Å². The van der Waals surface area contributed by atoms with Crippen LogP contribution in [0, 0.1) is 5.82 Å². The minimum absolute atomic E-state index is 0.119. The Kier molecular flexibility index (Phi) is 5.32. The molecule has 1 unspecified atom stereocenters. The average Bonchev–Trinajstić information content (AvgIpc) is 2.94. The van der Waals surface area contributed by atoms with E-state index < -0.39 is 35.9 Å². The van der Waals surface area contributed by atoms with Gasteiger partial charge in [-0.25, -0.2) is 4.39 Å². The van der Waals surface area contributed by atoms with Gasteiger partial charge in [-0.1, -0.05) is 6.07 Å². The molecule has 146 valence electrons.